The van der Waals surface area contributed by atoms with Gasteiger partial charge in [0.05, 0.1) is 5.69 Å². The molecule has 21 heavy (non-hydrogen) atoms. The average Bonchev–Trinajstić information content (AvgIpc) is 3.13. The number of rotatable bonds is 4. The first-order chi connectivity index (χ1) is 10.2. The Morgan fingerprint density at radius 3 is 2.95 bits per heavy atom. The Balaban J connectivity index is 1.86. The Kier molecular flexibility index (Phi) is 3.92. The van der Waals surface area contributed by atoms with Crippen LogP contribution in [0.2, 0.25) is 0 Å². The molecule has 0 amide bonds. The van der Waals surface area contributed by atoms with Crippen molar-refractivity contribution < 1.29 is 0 Å². The third-order valence-corrected chi connectivity index (χ3v) is 3.86. The predicted octanol–water partition coefficient (Wildman–Crippen LogP) is 1.05. The topological polar surface area (TPSA) is 74.7 Å². The molecule has 0 spiro atoms. The number of nitrogens with one attached hydrogen (secondary N) is 2. The van der Waals surface area contributed by atoms with Crippen LogP contribution in [0.15, 0.2) is 6.07 Å². The van der Waals surface area contributed by atoms with Crippen molar-refractivity contribution in [3.8, 4) is 11.5 Å². The van der Waals surface area contributed by atoms with Crippen LogP contribution in [0.25, 0.3) is 11.5 Å². The lowest BCUT2D eigenvalue weighted by atomic mass is 10.2. The van der Waals surface area contributed by atoms with Gasteiger partial charge in [0.25, 0.3) is 0 Å². The summed E-state index contributed by atoms with van der Waals surface area (Å²) in [5.41, 5.74) is 2.09. The van der Waals surface area contributed by atoms with Crippen molar-refractivity contribution in [2.24, 2.45) is 0 Å². The van der Waals surface area contributed by atoms with Crippen LogP contribution >= 0.6 is 0 Å². The maximum absolute atomic E-state index is 4.67. The summed E-state index contributed by atoms with van der Waals surface area (Å²) in [6, 6.07) is 2.56. The molecule has 0 unspecified atom stereocenters. The molecule has 0 bridgehead atoms. The molecule has 7 nitrogen and oxygen atoms in total. The fourth-order valence-electron chi connectivity index (χ4n) is 2.70. The zero-order chi connectivity index (χ0) is 14.8. The molecule has 1 aliphatic heterocycles. The van der Waals surface area contributed by atoms with E-state index in [1.165, 1.54) is 0 Å². The lowest BCUT2D eigenvalue weighted by Gasteiger charge is -2.30. The Morgan fingerprint density at radius 1 is 1.38 bits per heavy atom. The van der Waals surface area contributed by atoms with Crippen LogP contribution in [-0.4, -0.2) is 50.6 Å². The largest absolute Gasteiger partial charge is 0.337 e. The standard InChI is InChI=1S/C14H23N7/c1-4-11-8-12(21(5-2)19-11)13-16-14(18-17-13)20-7-6-15-10(3)9-20/h8,10,15H,4-7,9H2,1-3H3,(H,16,17,18)/t10-/m0/s1. The molecule has 2 aromatic rings. The van der Waals surface area contributed by atoms with E-state index in [2.05, 4.69) is 57.3 Å². The van der Waals surface area contributed by atoms with Crippen LogP contribution in [0.1, 0.15) is 26.5 Å². The number of aromatic amines is 1. The Hall–Kier alpha value is -1.89. The molecule has 2 N–H and O–H groups in total. The van der Waals surface area contributed by atoms with Gasteiger partial charge < -0.3 is 10.2 Å². The number of hydrogen-bond donors (Lipinski definition) is 2. The van der Waals surface area contributed by atoms with Crippen molar-refractivity contribution in [1.82, 2.24) is 30.3 Å². The van der Waals surface area contributed by atoms with E-state index < -0.39 is 0 Å². The Morgan fingerprint density at radius 2 is 2.24 bits per heavy atom. The second kappa shape index (κ2) is 5.85. The van der Waals surface area contributed by atoms with E-state index in [-0.39, 0.29) is 0 Å². The number of nitrogens with zero attached hydrogens (tertiary/aromatic N) is 5. The third-order valence-electron chi connectivity index (χ3n) is 3.86. The van der Waals surface area contributed by atoms with Gasteiger partial charge in [0.15, 0.2) is 5.82 Å². The van der Waals surface area contributed by atoms with Crippen LogP contribution < -0.4 is 10.2 Å². The minimum atomic E-state index is 0.466. The predicted molar refractivity (Wildman–Crippen MR) is 82.3 cm³/mol. The fourth-order valence-corrected chi connectivity index (χ4v) is 2.70. The zero-order valence-corrected chi connectivity index (χ0v) is 12.9. The number of aromatic nitrogens is 5. The van der Waals surface area contributed by atoms with Gasteiger partial charge in [-0.05, 0) is 26.3 Å². The molecule has 1 saturated heterocycles. The highest BCUT2D eigenvalue weighted by Crippen LogP contribution is 2.20. The lowest BCUT2D eigenvalue weighted by Crippen LogP contribution is -2.49. The quantitative estimate of drug-likeness (QED) is 0.880. The summed E-state index contributed by atoms with van der Waals surface area (Å²) in [5.74, 6) is 1.57. The van der Waals surface area contributed by atoms with Crippen LogP contribution in [0, 0.1) is 0 Å². The smallest absolute Gasteiger partial charge is 0.245 e. The summed E-state index contributed by atoms with van der Waals surface area (Å²) in [5, 5.41) is 15.4. The van der Waals surface area contributed by atoms with Gasteiger partial charge >= 0.3 is 0 Å². The van der Waals surface area contributed by atoms with Crippen molar-refractivity contribution in [2.75, 3.05) is 24.5 Å². The second-order valence-corrected chi connectivity index (χ2v) is 5.48. The summed E-state index contributed by atoms with van der Waals surface area (Å²) in [6.07, 6.45) is 0.927. The van der Waals surface area contributed by atoms with Gasteiger partial charge in [-0.15, -0.1) is 5.10 Å². The molecule has 1 aliphatic rings. The second-order valence-electron chi connectivity index (χ2n) is 5.48. The van der Waals surface area contributed by atoms with Crippen molar-refractivity contribution in [2.45, 2.75) is 39.8 Å². The number of anilines is 1. The monoisotopic (exact) mass is 289 g/mol. The molecule has 114 valence electrons. The first kappa shape index (κ1) is 14.1. The third kappa shape index (κ3) is 2.78. The first-order valence-electron chi connectivity index (χ1n) is 7.69. The maximum atomic E-state index is 4.67. The van der Waals surface area contributed by atoms with Crippen molar-refractivity contribution >= 4 is 5.95 Å². The van der Waals surface area contributed by atoms with Gasteiger partial charge in [-0.25, -0.2) is 0 Å². The number of H-pyrrole nitrogens is 1. The molecule has 3 heterocycles. The van der Waals surface area contributed by atoms with Gasteiger partial charge in [0, 0.05) is 32.2 Å². The molecule has 3 rings (SSSR count). The maximum Gasteiger partial charge on any atom is 0.245 e. The number of aryl methyl sites for hydroxylation is 2. The van der Waals surface area contributed by atoms with Gasteiger partial charge in [0.2, 0.25) is 5.95 Å². The summed E-state index contributed by atoms with van der Waals surface area (Å²) < 4.78 is 1.98. The number of piperazine rings is 1. The van der Waals surface area contributed by atoms with E-state index >= 15 is 0 Å². The highest BCUT2D eigenvalue weighted by molar-refractivity contribution is 5.52. The molecular formula is C14H23N7. The average molecular weight is 289 g/mol. The lowest BCUT2D eigenvalue weighted by molar-refractivity contribution is 0.480. The van der Waals surface area contributed by atoms with E-state index in [4.69, 9.17) is 0 Å². The van der Waals surface area contributed by atoms with Crippen molar-refractivity contribution in [3.63, 3.8) is 0 Å². The molecule has 1 fully saturated rings. The van der Waals surface area contributed by atoms with E-state index in [9.17, 15) is 0 Å². The van der Waals surface area contributed by atoms with Gasteiger partial charge in [-0.3, -0.25) is 9.78 Å². The number of hydrogen-bond acceptors (Lipinski definition) is 5. The molecule has 7 heteroatoms. The Labute approximate surface area is 124 Å². The van der Waals surface area contributed by atoms with Crippen LogP contribution in [0.4, 0.5) is 5.95 Å². The summed E-state index contributed by atoms with van der Waals surface area (Å²) in [6.45, 7) is 10.1. The van der Waals surface area contributed by atoms with Gasteiger partial charge in [0.1, 0.15) is 5.69 Å². The summed E-state index contributed by atoms with van der Waals surface area (Å²) in [7, 11) is 0. The van der Waals surface area contributed by atoms with Crippen molar-refractivity contribution in [3.05, 3.63) is 11.8 Å². The molecule has 0 saturated carbocycles. The molecule has 0 radical (unpaired) electrons. The highest BCUT2D eigenvalue weighted by Gasteiger charge is 2.20. The minimum Gasteiger partial charge on any atom is -0.337 e. The van der Waals surface area contributed by atoms with E-state index in [0.717, 1.165) is 55.8 Å². The van der Waals surface area contributed by atoms with Crippen LogP contribution in [0.3, 0.4) is 0 Å². The molecular weight excluding hydrogens is 266 g/mol. The van der Waals surface area contributed by atoms with E-state index in [1.807, 2.05) is 4.68 Å². The molecule has 0 aromatic carbocycles. The van der Waals surface area contributed by atoms with Gasteiger partial charge in [-0.1, -0.05) is 6.92 Å². The molecule has 1 atom stereocenters. The minimum absolute atomic E-state index is 0.466. The zero-order valence-electron chi connectivity index (χ0n) is 12.9. The summed E-state index contributed by atoms with van der Waals surface area (Å²) >= 11 is 0. The SMILES string of the molecule is CCc1cc(-c2nc(N3CCN[C@@H](C)C3)n[nH]2)n(CC)n1. The normalized spacial score (nSPS) is 19.2. The van der Waals surface area contributed by atoms with Crippen LogP contribution in [0.5, 0.6) is 0 Å². The molecule has 2 aromatic heterocycles. The Bertz CT molecular complexity index is 600. The van der Waals surface area contributed by atoms with E-state index in [1.54, 1.807) is 0 Å². The highest BCUT2D eigenvalue weighted by atomic mass is 15.4. The first-order valence-corrected chi connectivity index (χ1v) is 7.69. The fraction of sp³-hybridized carbons (Fsp3) is 0.643. The van der Waals surface area contributed by atoms with E-state index in [0.29, 0.717) is 6.04 Å². The molecule has 0 aliphatic carbocycles. The summed E-state index contributed by atoms with van der Waals surface area (Å²) in [4.78, 5) is 6.88. The van der Waals surface area contributed by atoms with Gasteiger partial charge in [-0.2, -0.15) is 10.1 Å². The van der Waals surface area contributed by atoms with Crippen LogP contribution in [-0.2, 0) is 13.0 Å². The van der Waals surface area contributed by atoms with Crippen molar-refractivity contribution in [1.29, 1.82) is 0 Å².